The van der Waals surface area contributed by atoms with Crippen LogP contribution in [0.1, 0.15) is 33.4 Å². The third-order valence-electron chi connectivity index (χ3n) is 3.34. The van der Waals surface area contributed by atoms with Gasteiger partial charge in [0.05, 0.1) is 5.69 Å². The molecule has 0 saturated heterocycles. The zero-order chi connectivity index (χ0) is 16.4. The van der Waals surface area contributed by atoms with E-state index in [1.54, 1.807) is 18.5 Å². The second-order valence-corrected chi connectivity index (χ2v) is 5.82. The number of hydrogen-bond donors (Lipinski definition) is 1. The highest BCUT2D eigenvalue weighted by Crippen LogP contribution is 2.17. The van der Waals surface area contributed by atoms with Crippen molar-refractivity contribution in [3.63, 3.8) is 0 Å². The van der Waals surface area contributed by atoms with Crippen molar-refractivity contribution in [2.24, 2.45) is 0 Å². The van der Waals surface area contributed by atoms with Gasteiger partial charge in [0.1, 0.15) is 4.88 Å². The SMILES string of the molecule is CCc1c(/C=C/c2cccnc2)nc2sc(C(=O)O)cn2c1=O. The van der Waals surface area contributed by atoms with Crippen molar-refractivity contribution in [3.8, 4) is 0 Å². The molecular formula is C16H13N3O3S. The van der Waals surface area contributed by atoms with E-state index >= 15 is 0 Å². The molecule has 0 atom stereocenters. The lowest BCUT2D eigenvalue weighted by Crippen LogP contribution is -2.19. The van der Waals surface area contributed by atoms with Gasteiger partial charge in [-0.25, -0.2) is 9.78 Å². The fraction of sp³-hybridized carbons (Fsp3) is 0.125. The van der Waals surface area contributed by atoms with E-state index in [0.29, 0.717) is 22.6 Å². The maximum Gasteiger partial charge on any atom is 0.347 e. The molecule has 116 valence electrons. The van der Waals surface area contributed by atoms with Crippen LogP contribution in [0, 0.1) is 0 Å². The molecule has 0 amide bonds. The van der Waals surface area contributed by atoms with Crippen LogP contribution in [-0.2, 0) is 6.42 Å². The van der Waals surface area contributed by atoms with Crippen molar-refractivity contribution in [1.29, 1.82) is 0 Å². The second kappa shape index (κ2) is 6.13. The number of aromatic nitrogens is 3. The van der Waals surface area contributed by atoms with E-state index in [1.165, 1.54) is 10.6 Å². The Bertz CT molecular complexity index is 958. The van der Waals surface area contributed by atoms with Gasteiger partial charge in [0, 0.05) is 24.2 Å². The number of nitrogens with zero attached hydrogens (tertiary/aromatic N) is 3. The topological polar surface area (TPSA) is 84.6 Å². The molecule has 0 aliphatic carbocycles. The summed E-state index contributed by atoms with van der Waals surface area (Å²) in [6.45, 7) is 1.87. The molecule has 23 heavy (non-hydrogen) atoms. The van der Waals surface area contributed by atoms with Crippen LogP contribution in [0.5, 0.6) is 0 Å². The number of pyridine rings is 1. The first-order valence-electron chi connectivity index (χ1n) is 6.96. The fourth-order valence-corrected chi connectivity index (χ4v) is 3.03. The Morgan fingerprint density at radius 3 is 2.91 bits per heavy atom. The Labute approximate surface area is 135 Å². The number of fused-ring (bicyclic) bond motifs is 1. The number of carboxylic acid groups (broad SMARTS) is 1. The standard InChI is InChI=1S/C16H13N3O3S/c1-2-11-12(6-5-10-4-3-7-17-8-10)18-16-19(14(11)20)9-13(23-16)15(21)22/h3-9H,2H2,1H3,(H,21,22)/b6-5+. The number of carboxylic acids is 1. The van der Waals surface area contributed by atoms with Crippen LogP contribution in [0.25, 0.3) is 17.1 Å². The Hall–Kier alpha value is -2.80. The van der Waals surface area contributed by atoms with Crippen LogP contribution in [0.4, 0.5) is 0 Å². The Kier molecular flexibility index (Phi) is 4.03. The molecular weight excluding hydrogens is 314 g/mol. The molecule has 0 aliphatic heterocycles. The Morgan fingerprint density at radius 2 is 2.26 bits per heavy atom. The number of rotatable bonds is 4. The van der Waals surface area contributed by atoms with Gasteiger partial charge in [-0.05, 0) is 24.1 Å². The van der Waals surface area contributed by atoms with Gasteiger partial charge in [-0.2, -0.15) is 0 Å². The van der Waals surface area contributed by atoms with Gasteiger partial charge in [0.2, 0.25) is 0 Å². The van der Waals surface area contributed by atoms with Crippen LogP contribution in [-0.4, -0.2) is 25.4 Å². The van der Waals surface area contributed by atoms with E-state index in [2.05, 4.69) is 9.97 Å². The monoisotopic (exact) mass is 327 g/mol. The molecule has 0 aromatic carbocycles. The van der Waals surface area contributed by atoms with E-state index in [0.717, 1.165) is 16.9 Å². The Morgan fingerprint density at radius 1 is 1.43 bits per heavy atom. The third-order valence-corrected chi connectivity index (χ3v) is 4.31. The van der Waals surface area contributed by atoms with Gasteiger partial charge in [-0.1, -0.05) is 30.4 Å². The molecule has 0 aliphatic rings. The summed E-state index contributed by atoms with van der Waals surface area (Å²) in [5.74, 6) is -1.06. The molecule has 3 heterocycles. The molecule has 0 bridgehead atoms. The number of aromatic carboxylic acids is 1. The number of carbonyl (C=O) groups is 1. The summed E-state index contributed by atoms with van der Waals surface area (Å²) in [4.78, 5) is 32.5. The van der Waals surface area contributed by atoms with Gasteiger partial charge >= 0.3 is 5.97 Å². The van der Waals surface area contributed by atoms with Crippen molar-refractivity contribution >= 4 is 34.4 Å². The summed E-state index contributed by atoms with van der Waals surface area (Å²) in [5, 5.41) is 9.07. The minimum Gasteiger partial charge on any atom is -0.477 e. The van der Waals surface area contributed by atoms with Crippen LogP contribution in [0.3, 0.4) is 0 Å². The molecule has 0 spiro atoms. The summed E-state index contributed by atoms with van der Waals surface area (Å²) < 4.78 is 1.30. The lowest BCUT2D eigenvalue weighted by atomic mass is 10.1. The predicted octanol–water partition coefficient (Wildman–Crippen LogP) is 2.58. The number of hydrogen-bond acceptors (Lipinski definition) is 5. The maximum atomic E-state index is 12.5. The third kappa shape index (κ3) is 2.91. The molecule has 7 heteroatoms. The molecule has 6 nitrogen and oxygen atoms in total. The molecule has 0 fully saturated rings. The van der Waals surface area contributed by atoms with Crippen molar-refractivity contribution < 1.29 is 9.90 Å². The normalized spacial score (nSPS) is 11.3. The summed E-state index contributed by atoms with van der Waals surface area (Å²) in [5.41, 5.74) is 1.78. The Balaban J connectivity index is 2.14. The van der Waals surface area contributed by atoms with Gasteiger partial charge in [-0.3, -0.25) is 14.2 Å². The highest BCUT2D eigenvalue weighted by atomic mass is 32.1. The molecule has 3 aromatic rings. The quantitative estimate of drug-likeness (QED) is 0.796. The molecule has 0 radical (unpaired) electrons. The first-order valence-corrected chi connectivity index (χ1v) is 7.78. The molecule has 0 unspecified atom stereocenters. The zero-order valence-corrected chi connectivity index (χ0v) is 13.1. The van der Waals surface area contributed by atoms with Crippen LogP contribution in [0.15, 0.2) is 35.5 Å². The van der Waals surface area contributed by atoms with E-state index < -0.39 is 5.97 Å². The summed E-state index contributed by atoms with van der Waals surface area (Å²) in [6.07, 6.45) is 8.82. The lowest BCUT2D eigenvalue weighted by molar-refractivity contribution is 0.0702. The highest BCUT2D eigenvalue weighted by molar-refractivity contribution is 7.18. The molecule has 0 saturated carbocycles. The minimum atomic E-state index is -1.06. The summed E-state index contributed by atoms with van der Waals surface area (Å²) in [7, 11) is 0. The fourth-order valence-electron chi connectivity index (χ4n) is 2.21. The maximum absolute atomic E-state index is 12.5. The van der Waals surface area contributed by atoms with Crippen molar-refractivity contribution in [2.75, 3.05) is 0 Å². The van der Waals surface area contributed by atoms with Gasteiger partial charge in [-0.15, -0.1) is 0 Å². The van der Waals surface area contributed by atoms with E-state index in [4.69, 9.17) is 5.11 Å². The van der Waals surface area contributed by atoms with Gasteiger partial charge in [0.25, 0.3) is 5.56 Å². The average molecular weight is 327 g/mol. The summed E-state index contributed by atoms with van der Waals surface area (Å²) >= 11 is 0.981. The van der Waals surface area contributed by atoms with Crippen molar-refractivity contribution in [1.82, 2.24) is 14.4 Å². The molecule has 3 rings (SSSR count). The highest BCUT2D eigenvalue weighted by Gasteiger charge is 2.15. The van der Waals surface area contributed by atoms with Crippen LogP contribution in [0.2, 0.25) is 0 Å². The van der Waals surface area contributed by atoms with Crippen LogP contribution >= 0.6 is 11.3 Å². The molecule has 1 N–H and O–H groups in total. The van der Waals surface area contributed by atoms with Crippen LogP contribution < -0.4 is 5.56 Å². The first-order chi connectivity index (χ1) is 11.1. The second-order valence-electron chi connectivity index (χ2n) is 4.81. The van der Waals surface area contributed by atoms with Crippen molar-refractivity contribution in [2.45, 2.75) is 13.3 Å². The smallest absolute Gasteiger partial charge is 0.347 e. The number of thiazole rings is 1. The lowest BCUT2D eigenvalue weighted by Gasteiger charge is -2.03. The van der Waals surface area contributed by atoms with Gasteiger partial charge < -0.3 is 5.11 Å². The predicted molar refractivity (Wildman–Crippen MR) is 88.8 cm³/mol. The van der Waals surface area contributed by atoms with Crippen molar-refractivity contribution in [3.05, 3.63) is 62.8 Å². The van der Waals surface area contributed by atoms with E-state index in [1.807, 2.05) is 25.1 Å². The van der Waals surface area contributed by atoms with E-state index in [9.17, 15) is 9.59 Å². The zero-order valence-electron chi connectivity index (χ0n) is 12.3. The summed E-state index contributed by atoms with van der Waals surface area (Å²) in [6, 6.07) is 3.72. The first kappa shape index (κ1) is 15.1. The largest absolute Gasteiger partial charge is 0.477 e. The molecule has 3 aromatic heterocycles. The van der Waals surface area contributed by atoms with Gasteiger partial charge in [0.15, 0.2) is 4.96 Å². The average Bonchev–Trinajstić information content (AvgIpc) is 2.99. The minimum absolute atomic E-state index is 0.0880. The van der Waals surface area contributed by atoms with E-state index in [-0.39, 0.29) is 10.4 Å².